The van der Waals surface area contributed by atoms with E-state index in [0.29, 0.717) is 10.6 Å². The van der Waals surface area contributed by atoms with Gasteiger partial charge in [0.15, 0.2) is 0 Å². The molecule has 0 N–H and O–H groups in total. The molecule has 0 aromatic heterocycles. The summed E-state index contributed by atoms with van der Waals surface area (Å²) < 4.78 is 0. The highest BCUT2D eigenvalue weighted by Gasteiger charge is 2.38. The first-order chi connectivity index (χ1) is 11.9. The number of carbonyl (C=O) groups is 2. The second-order valence-corrected chi connectivity index (χ2v) is 7.21. The number of thioether (sulfide) groups is 1. The van der Waals surface area contributed by atoms with Gasteiger partial charge in [0, 0.05) is 0 Å². The van der Waals surface area contributed by atoms with Crippen LogP contribution < -0.4 is 4.90 Å². The predicted octanol–water partition coefficient (Wildman–Crippen LogP) is 5.50. The first kappa shape index (κ1) is 17.5. The minimum absolute atomic E-state index is 0.230. The van der Waals surface area contributed by atoms with Crippen molar-refractivity contribution in [3.63, 3.8) is 0 Å². The van der Waals surface area contributed by atoms with Crippen LogP contribution in [0.4, 0.5) is 10.5 Å². The second-order valence-electron chi connectivity index (χ2n) is 6.24. The molecule has 2 aromatic rings. The Hall–Kier alpha value is -2.33. The van der Waals surface area contributed by atoms with Crippen LogP contribution >= 0.6 is 11.8 Å². The minimum Gasteiger partial charge on any atom is -0.268 e. The lowest BCUT2D eigenvalue weighted by Gasteiger charge is -2.16. The fourth-order valence-electron chi connectivity index (χ4n) is 2.94. The van der Waals surface area contributed by atoms with Crippen molar-refractivity contribution in [1.82, 2.24) is 0 Å². The highest BCUT2D eigenvalue weighted by molar-refractivity contribution is 8.19. The molecular weight excluding hydrogens is 330 g/mol. The number of hydrogen-bond acceptors (Lipinski definition) is 3. The summed E-state index contributed by atoms with van der Waals surface area (Å²) in [5.41, 5.74) is 5.90. The van der Waals surface area contributed by atoms with Crippen molar-refractivity contribution in [2.45, 2.75) is 34.1 Å². The third-order valence-electron chi connectivity index (χ3n) is 4.66. The Labute approximate surface area is 152 Å². The number of hydrogen-bond donors (Lipinski definition) is 0. The molecule has 128 valence electrons. The molecule has 0 radical (unpaired) electrons. The molecule has 0 atom stereocenters. The molecule has 3 rings (SSSR count). The summed E-state index contributed by atoms with van der Waals surface area (Å²) in [6.45, 7) is 8.04. The van der Waals surface area contributed by atoms with Gasteiger partial charge in [-0.25, -0.2) is 4.90 Å². The SMILES string of the molecule is CCc1ccccc1N1C(=O)S/C(=C(/C)c2ccc(C)c(C)c2)C1=O. The van der Waals surface area contributed by atoms with Crippen LogP contribution in [-0.4, -0.2) is 11.1 Å². The van der Waals surface area contributed by atoms with Crippen LogP contribution in [0.25, 0.3) is 5.57 Å². The van der Waals surface area contributed by atoms with Crippen LogP contribution in [0.5, 0.6) is 0 Å². The smallest absolute Gasteiger partial charge is 0.268 e. The summed E-state index contributed by atoms with van der Waals surface area (Å²) in [6, 6.07) is 13.7. The molecule has 3 nitrogen and oxygen atoms in total. The fourth-order valence-corrected chi connectivity index (χ4v) is 3.84. The molecule has 1 saturated heterocycles. The van der Waals surface area contributed by atoms with Crippen molar-refractivity contribution in [3.05, 3.63) is 69.6 Å². The zero-order valence-corrected chi connectivity index (χ0v) is 15.7. The maximum atomic E-state index is 13.0. The molecule has 1 heterocycles. The number of imide groups is 1. The van der Waals surface area contributed by atoms with Gasteiger partial charge < -0.3 is 0 Å². The normalized spacial score (nSPS) is 16.6. The Kier molecular flexibility index (Phi) is 4.82. The zero-order valence-electron chi connectivity index (χ0n) is 14.9. The molecule has 0 aliphatic carbocycles. The Balaban J connectivity index is 2.04. The lowest BCUT2D eigenvalue weighted by molar-refractivity contribution is -0.113. The maximum Gasteiger partial charge on any atom is 0.298 e. The van der Waals surface area contributed by atoms with Crippen molar-refractivity contribution >= 4 is 34.2 Å². The Morgan fingerprint density at radius 1 is 1.04 bits per heavy atom. The number of para-hydroxylation sites is 1. The molecule has 0 saturated carbocycles. The highest BCUT2D eigenvalue weighted by Crippen LogP contribution is 2.40. The van der Waals surface area contributed by atoms with Crippen LogP contribution in [0.2, 0.25) is 0 Å². The van der Waals surface area contributed by atoms with E-state index in [0.717, 1.165) is 34.9 Å². The van der Waals surface area contributed by atoms with E-state index in [1.807, 2.05) is 50.2 Å². The van der Waals surface area contributed by atoms with E-state index in [4.69, 9.17) is 0 Å². The number of benzene rings is 2. The van der Waals surface area contributed by atoms with Crippen molar-refractivity contribution in [1.29, 1.82) is 0 Å². The van der Waals surface area contributed by atoms with Gasteiger partial charge in [0.2, 0.25) is 0 Å². The van der Waals surface area contributed by atoms with Crippen LogP contribution in [0.1, 0.15) is 36.1 Å². The summed E-state index contributed by atoms with van der Waals surface area (Å²) in [5, 5.41) is -0.232. The van der Waals surface area contributed by atoms with Gasteiger partial charge in [0.25, 0.3) is 11.1 Å². The van der Waals surface area contributed by atoms with E-state index >= 15 is 0 Å². The summed E-state index contributed by atoms with van der Waals surface area (Å²) in [7, 11) is 0. The Morgan fingerprint density at radius 2 is 1.76 bits per heavy atom. The topological polar surface area (TPSA) is 37.4 Å². The Bertz CT molecular complexity index is 899. The molecule has 1 fully saturated rings. The largest absolute Gasteiger partial charge is 0.298 e. The van der Waals surface area contributed by atoms with E-state index < -0.39 is 0 Å². The van der Waals surface area contributed by atoms with E-state index in [1.165, 1.54) is 16.0 Å². The Morgan fingerprint density at radius 3 is 2.44 bits per heavy atom. The number of anilines is 1. The van der Waals surface area contributed by atoms with Crippen LogP contribution in [0.3, 0.4) is 0 Å². The van der Waals surface area contributed by atoms with E-state index in [-0.39, 0.29) is 11.1 Å². The van der Waals surface area contributed by atoms with Gasteiger partial charge in [-0.3, -0.25) is 9.59 Å². The van der Waals surface area contributed by atoms with E-state index in [2.05, 4.69) is 19.9 Å². The summed E-state index contributed by atoms with van der Waals surface area (Å²) >= 11 is 1.03. The average molecular weight is 351 g/mol. The van der Waals surface area contributed by atoms with Crippen molar-refractivity contribution in [2.24, 2.45) is 0 Å². The average Bonchev–Trinajstić information content (AvgIpc) is 2.91. The van der Waals surface area contributed by atoms with Crippen LogP contribution in [0, 0.1) is 13.8 Å². The fraction of sp³-hybridized carbons (Fsp3) is 0.238. The van der Waals surface area contributed by atoms with Crippen LogP contribution in [-0.2, 0) is 11.2 Å². The number of aryl methyl sites for hydroxylation is 3. The molecular formula is C21H21NO2S. The number of amides is 2. The van der Waals surface area contributed by atoms with Gasteiger partial charge in [0.1, 0.15) is 0 Å². The molecule has 0 unspecified atom stereocenters. The second kappa shape index (κ2) is 6.89. The predicted molar refractivity (Wildman–Crippen MR) is 105 cm³/mol. The monoisotopic (exact) mass is 351 g/mol. The molecule has 2 aromatic carbocycles. The molecule has 1 aliphatic heterocycles. The lowest BCUT2D eigenvalue weighted by Crippen LogP contribution is -2.28. The molecule has 4 heteroatoms. The van der Waals surface area contributed by atoms with Gasteiger partial charge in [-0.15, -0.1) is 0 Å². The minimum atomic E-state index is -0.232. The summed E-state index contributed by atoms with van der Waals surface area (Å²) in [4.78, 5) is 27.4. The lowest BCUT2D eigenvalue weighted by atomic mass is 10.0. The van der Waals surface area contributed by atoms with Crippen molar-refractivity contribution in [2.75, 3.05) is 4.90 Å². The number of allylic oxidation sites excluding steroid dienone is 1. The van der Waals surface area contributed by atoms with Gasteiger partial charge in [-0.1, -0.05) is 43.3 Å². The summed E-state index contributed by atoms with van der Waals surface area (Å²) in [5.74, 6) is -0.230. The number of nitrogens with zero attached hydrogens (tertiary/aromatic N) is 1. The quantitative estimate of drug-likeness (QED) is 0.686. The first-order valence-corrected chi connectivity index (χ1v) is 9.18. The van der Waals surface area contributed by atoms with E-state index in [1.54, 1.807) is 0 Å². The highest BCUT2D eigenvalue weighted by atomic mass is 32.2. The maximum absolute atomic E-state index is 13.0. The van der Waals surface area contributed by atoms with Gasteiger partial charge in [0.05, 0.1) is 10.6 Å². The molecule has 0 bridgehead atoms. The molecule has 25 heavy (non-hydrogen) atoms. The third kappa shape index (κ3) is 3.14. The zero-order chi connectivity index (χ0) is 18.1. The summed E-state index contributed by atoms with van der Waals surface area (Å²) in [6.07, 6.45) is 0.771. The first-order valence-electron chi connectivity index (χ1n) is 8.36. The van der Waals surface area contributed by atoms with Crippen molar-refractivity contribution < 1.29 is 9.59 Å². The van der Waals surface area contributed by atoms with Gasteiger partial charge in [-0.05, 0) is 72.8 Å². The molecule has 1 aliphatic rings. The molecule has 2 amide bonds. The third-order valence-corrected chi connectivity index (χ3v) is 5.71. The number of rotatable bonds is 3. The van der Waals surface area contributed by atoms with Gasteiger partial charge >= 0.3 is 0 Å². The van der Waals surface area contributed by atoms with Crippen molar-refractivity contribution in [3.8, 4) is 0 Å². The van der Waals surface area contributed by atoms with Crippen LogP contribution in [0.15, 0.2) is 47.4 Å². The number of carbonyl (C=O) groups excluding carboxylic acids is 2. The van der Waals surface area contributed by atoms with E-state index in [9.17, 15) is 9.59 Å². The standard InChI is InChI=1S/C21H21NO2S/c1-5-16-8-6-7-9-18(16)22-20(23)19(25-21(22)24)15(4)17-11-10-13(2)14(3)12-17/h6-12H,5H2,1-4H3/b19-15-. The van der Waals surface area contributed by atoms with Gasteiger partial charge in [-0.2, -0.15) is 0 Å². The molecule has 0 spiro atoms.